The Balaban J connectivity index is 0.00000281. The molecule has 0 aromatic rings. The summed E-state index contributed by atoms with van der Waals surface area (Å²) in [6.07, 6.45) is -4.79. The molecule has 2 aliphatic carbocycles. The van der Waals surface area contributed by atoms with Gasteiger partial charge in [0.2, 0.25) is 0 Å². The summed E-state index contributed by atoms with van der Waals surface area (Å²) in [5, 5.41) is 20.0. The van der Waals surface area contributed by atoms with Crippen LogP contribution in [0.15, 0.2) is 12.2 Å². The average molecular weight is 503 g/mol. The van der Waals surface area contributed by atoms with E-state index in [2.05, 4.69) is 20.8 Å². The Kier molecular flexibility index (Phi) is 10.6. The molecule has 0 aromatic carbocycles. The SMILES string of the molecule is CC.CC(C)CCC[C@@](C)(C/C=C/C(O)(C(F)(F)F)C(F)(F)F)[C@H]1CCC2[C@@H](O)CCC[C@@]21C. The second-order valence-corrected chi connectivity index (χ2v) is 11.0. The molecule has 0 radical (unpaired) electrons. The van der Waals surface area contributed by atoms with Crippen molar-refractivity contribution in [3.8, 4) is 0 Å². The van der Waals surface area contributed by atoms with Crippen LogP contribution >= 0.6 is 0 Å². The first-order chi connectivity index (χ1) is 15.5. The fourth-order valence-electron chi connectivity index (χ4n) is 6.47. The molecule has 34 heavy (non-hydrogen) atoms. The highest BCUT2D eigenvalue weighted by Gasteiger charge is 2.69. The molecule has 0 saturated heterocycles. The molecule has 2 N–H and O–H groups in total. The summed E-state index contributed by atoms with van der Waals surface area (Å²) in [5.74, 6) is 0.632. The third kappa shape index (κ3) is 6.51. The first-order valence-corrected chi connectivity index (χ1v) is 12.7. The molecular weight excluding hydrogens is 458 g/mol. The van der Waals surface area contributed by atoms with Crippen molar-refractivity contribution in [3.63, 3.8) is 0 Å². The highest BCUT2D eigenvalue weighted by Crippen LogP contribution is 2.62. The fraction of sp³-hybridized carbons (Fsp3) is 0.923. The van der Waals surface area contributed by atoms with Crippen LogP contribution in [0.4, 0.5) is 26.3 Å². The lowest BCUT2D eigenvalue weighted by molar-refractivity contribution is -0.347. The van der Waals surface area contributed by atoms with Gasteiger partial charge in [0.05, 0.1) is 6.10 Å². The van der Waals surface area contributed by atoms with Crippen LogP contribution in [0.3, 0.4) is 0 Å². The molecule has 2 fully saturated rings. The van der Waals surface area contributed by atoms with Gasteiger partial charge in [0.25, 0.3) is 5.60 Å². The van der Waals surface area contributed by atoms with Crippen molar-refractivity contribution in [3.05, 3.63) is 12.2 Å². The summed E-state index contributed by atoms with van der Waals surface area (Å²) < 4.78 is 78.5. The quantitative estimate of drug-likeness (QED) is 0.259. The predicted molar refractivity (Wildman–Crippen MR) is 123 cm³/mol. The summed E-state index contributed by atoms with van der Waals surface area (Å²) >= 11 is 0. The number of rotatable bonds is 8. The van der Waals surface area contributed by atoms with Gasteiger partial charge in [0, 0.05) is 0 Å². The van der Waals surface area contributed by atoms with E-state index >= 15 is 0 Å². The number of hydrogen-bond acceptors (Lipinski definition) is 2. The minimum atomic E-state index is -5.85. The molecule has 202 valence electrons. The van der Waals surface area contributed by atoms with E-state index in [9.17, 15) is 36.6 Å². The van der Waals surface area contributed by atoms with Crippen LogP contribution in [0.2, 0.25) is 0 Å². The Labute approximate surface area is 201 Å². The Morgan fingerprint density at radius 2 is 1.56 bits per heavy atom. The summed E-state index contributed by atoms with van der Waals surface area (Å²) in [6.45, 7) is 12.2. The number of halogens is 6. The Morgan fingerprint density at radius 3 is 2.06 bits per heavy atom. The van der Waals surface area contributed by atoms with Gasteiger partial charge in [-0.05, 0) is 73.2 Å². The Bertz CT molecular complexity index is 643. The number of alkyl halides is 6. The minimum Gasteiger partial charge on any atom is -0.393 e. The maximum absolute atomic E-state index is 13.1. The van der Waals surface area contributed by atoms with Crippen LogP contribution in [0.25, 0.3) is 0 Å². The van der Waals surface area contributed by atoms with Gasteiger partial charge in [0.1, 0.15) is 0 Å². The average Bonchev–Trinajstić information content (AvgIpc) is 3.06. The van der Waals surface area contributed by atoms with Crippen LogP contribution in [0.1, 0.15) is 99.3 Å². The molecule has 0 heterocycles. The zero-order valence-electron chi connectivity index (χ0n) is 21.5. The first-order valence-electron chi connectivity index (χ1n) is 12.7. The van der Waals surface area contributed by atoms with E-state index in [0.717, 1.165) is 51.0 Å². The number of aliphatic hydroxyl groups excluding tert-OH is 1. The molecule has 2 rings (SSSR count). The van der Waals surface area contributed by atoms with Crippen LogP contribution in [0.5, 0.6) is 0 Å². The van der Waals surface area contributed by atoms with Crippen molar-refractivity contribution in [2.75, 3.05) is 0 Å². The van der Waals surface area contributed by atoms with E-state index in [1.165, 1.54) is 0 Å². The van der Waals surface area contributed by atoms with Crippen molar-refractivity contribution >= 4 is 0 Å². The minimum absolute atomic E-state index is 0.0165. The lowest BCUT2D eigenvalue weighted by Crippen LogP contribution is -2.55. The third-order valence-corrected chi connectivity index (χ3v) is 8.27. The van der Waals surface area contributed by atoms with Gasteiger partial charge in [-0.2, -0.15) is 26.3 Å². The zero-order chi connectivity index (χ0) is 26.6. The number of allylic oxidation sites excluding steroid dienone is 1. The summed E-state index contributed by atoms with van der Waals surface area (Å²) in [4.78, 5) is 0. The number of fused-ring (bicyclic) bond motifs is 1. The molecule has 0 spiro atoms. The van der Waals surface area contributed by atoms with Crippen LogP contribution in [0, 0.1) is 28.6 Å². The molecule has 1 unspecified atom stereocenters. The summed E-state index contributed by atoms with van der Waals surface area (Å²) in [5.41, 5.74) is -5.57. The van der Waals surface area contributed by atoms with Gasteiger partial charge in [-0.3, -0.25) is 0 Å². The second kappa shape index (κ2) is 11.5. The van der Waals surface area contributed by atoms with E-state index in [-0.39, 0.29) is 29.7 Å². The highest BCUT2D eigenvalue weighted by molar-refractivity contribution is 5.13. The van der Waals surface area contributed by atoms with Gasteiger partial charge in [-0.1, -0.05) is 66.9 Å². The molecule has 0 aromatic heterocycles. The molecule has 0 aliphatic heterocycles. The molecule has 8 heteroatoms. The van der Waals surface area contributed by atoms with Gasteiger partial charge in [0.15, 0.2) is 0 Å². The maximum atomic E-state index is 13.1. The number of hydrogen-bond donors (Lipinski definition) is 2. The van der Waals surface area contributed by atoms with Gasteiger partial charge >= 0.3 is 12.4 Å². The van der Waals surface area contributed by atoms with Crippen LogP contribution in [-0.2, 0) is 0 Å². The summed E-state index contributed by atoms with van der Waals surface area (Å²) in [6, 6.07) is 0. The van der Waals surface area contributed by atoms with Crippen molar-refractivity contribution in [1.82, 2.24) is 0 Å². The zero-order valence-corrected chi connectivity index (χ0v) is 21.5. The van der Waals surface area contributed by atoms with Gasteiger partial charge < -0.3 is 10.2 Å². The predicted octanol–water partition coefficient (Wildman–Crippen LogP) is 8.22. The second-order valence-electron chi connectivity index (χ2n) is 11.0. The van der Waals surface area contributed by atoms with E-state index < -0.39 is 29.5 Å². The molecule has 0 amide bonds. The number of aliphatic hydroxyl groups is 2. The molecule has 2 aliphatic rings. The smallest absolute Gasteiger partial charge is 0.393 e. The van der Waals surface area contributed by atoms with Gasteiger partial charge in [-0.25, -0.2) is 0 Å². The van der Waals surface area contributed by atoms with Gasteiger partial charge in [-0.15, -0.1) is 0 Å². The summed E-state index contributed by atoms with van der Waals surface area (Å²) in [7, 11) is 0. The van der Waals surface area contributed by atoms with Crippen molar-refractivity contribution in [1.29, 1.82) is 0 Å². The van der Waals surface area contributed by atoms with E-state index in [0.29, 0.717) is 12.3 Å². The Hall–Kier alpha value is -0.760. The molecule has 5 atom stereocenters. The van der Waals surface area contributed by atoms with E-state index in [1.54, 1.807) is 0 Å². The monoisotopic (exact) mass is 502 g/mol. The van der Waals surface area contributed by atoms with Crippen molar-refractivity contribution in [2.24, 2.45) is 28.6 Å². The van der Waals surface area contributed by atoms with Crippen molar-refractivity contribution < 1.29 is 36.6 Å². The largest absolute Gasteiger partial charge is 0.429 e. The highest BCUT2D eigenvalue weighted by atomic mass is 19.4. The topological polar surface area (TPSA) is 40.5 Å². The normalized spacial score (nSPS) is 30.1. The van der Waals surface area contributed by atoms with E-state index in [4.69, 9.17) is 0 Å². The van der Waals surface area contributed by atoms with Crippen molar-refractivity contribution in [2.45, 2.75) is 123 Å². The molecule has 0 bridgehead atoms. The molecule has 2 nitrogen and oxygen atoms in total. The maximum Gasteiger partial charge on any atom is 0.429 e. The van der Waals surface area contributed by atoms with Crippen LogP contribution in [-0.4, -0.2) is 34.3 Å². The van der Waals surface area contributed by atoms with E-state index in [1.807, 2.05) is 20.8 Å². The first kappa shape index (κ1) is 31.3. The lowest BCUT2D eigenvalue weighted by atomic mass is 9.56. The van der Waals surface area contributed by atoms with Crippen LogP contribution < -0.4 is 0 Å². The fourth-order valence-corrected chi connectivity index (χ4v) is 6.47. The third-order valence-electron chi connectivity index (χ3n) is 8.27. The lowest BCUT2D eigenvalue weighted by Gasteiger charge is -2.50. The molecule has 2 saturated carbocycles. The standard InChI is InChI=1S/C24H38F6O2.C2H6/c1-16(2)8-5-12-20(3,13-7-15-22(32,23(25,26)27)24(28,29)30)19-11-10-17-18(31)9-6-14-21(17,19)4;1-2/h7,15-19,31-32H,5-6,8-14H2,1-4H3;1-2H3/b15-7+;/t17?,18-,19+,20-,21-;/m0./s1. The Morgan fingerprint density at radius 1 is 1.00 bits per heavy atom. The molecular formula is C26H44F6O2.